The highest BCUT2D eigenvalue weighted by Crippen LogP contribution is 2.41. The molecule has 2 aromatic heterocycles. The summed E-state index contributed by atoms with van der Waals surface area (Å²) in [5.41, 5.74) is 4.83. The minimum absolute atomic E-state index is 0.0298. The number of halogens is 2. The predicted octanol–water partition coefficient (Wildman–Crippen LogP) is 3.87. The molecule has 11 nitrogen and oxygen atoms in total. The highest BCUT2D eigenvalue weighted by molar-refractivity contribution is 8.12. The van der Waals surface area contributed by atoms with E-state index in [1.807, 2.05) is 20.8 Å². The molecule has 3 aliphatic rings. The van der Waals surface area contributed by atoms with Crippen LogP contribution in [0.2, 0.25) is 0 Å². The van der Waals surface area contributed by atoms with Gasteiger partial charge in [0.2, 0.25) is 5.91 Å². The van der Waals surface area contributed by atoms with Crippen molar-refractivity contribution < 1.29 is 27.9 Å². The van der Waals surface area contributed by atoms with E-state index < -0.39 is 23.6 Å². The number of methoxy groups -OCH3 is 1. The van der Waals surface area contributed by atoms with Gasteiger partial charge in [0, 0.05) is 41.7 Å². The van der Waals surface area contributed by atoms with Crippen molar-refractivity contribution in [3.05, 3.63) is 35.8 Å². The number of rotatable bonds is 5. The number of alkyl halides is 2. The number of ether oxygens (including phenoxy) is 1. The number of nitrogens with two attached hydrogens (primary N) is 2. The van der Waals surface area contributed by atoms with Crippen LogP contribution in [0.3, 0.4) is 0 Å². The van der Waals surface area contributed by atoms with Gasteiger partial charge in [-0.2, -0.15) is 0 Å². The van der Waals surface area contributed by atoms with E-state index in [1.54, 1.807) is 4.90 Å². The lowest BCUT2D eigenvalue weighted by Crippen LogP contribution is -2.57. The predicted molar refractivity (Wildman–Crippen MR) is 165 cm³/mol. The highest BCUT2D eigenvalue weighted by Gasteiger charge is 2.53. The largest absolute Gasteiger partial charge is 0.494 e. The number of pyridine rings is 2. The lowest BCUT2D eigenvalue weighted by Gasteiger charge is -2.33. The third-order valence-electron chi connectivity index (χ3n) is 6.70. The fourth-order valence-corrected chi connectivity index (χ4v) is 4.08. The number of carbonyl (C=O) groups excluding carboxylic acids is 3. The molecule has 2 saturated carbocycles. The van der Waals surface area contributed by atoms with Crippen molar-refractivity contribution >= 4 is 40.9 Å². The average molecular weight is 630 g/mol. The number of hydrogen-bond donors (Lipinski definition) is 4. The molecule has 5 rings (SSSR count). The average Bonchev–Trinajstić information content (AvgIpc) is 3.94. The first-order chi connectivity index (χ1) is 20.7. The maximum Gasteiger partial charge on any atom is 0.280 e. The number of aromatic nitrogens is 2. The number of hydrogen-bond acceptors (Lipinski definition) is 10. The zero-order valence-electron chi connectivity index (χ0n) is 25.1. The molecule has 6 N–H and O–H groups in total. The quantitative estimate of drug-likeness (QED) is 0.126. The molecule has 236 valence electrons. The summed E-state index contributed by atoms with van der Waals surface area (Å²) in [5.74, 6) is 5.81. The Morgan fingerprint density at radius 2 is 1.91 bits per heavy atom. The van der Waals surface area contributed by atoms with Crippen molar-refractivity contribution in [1.82, 2.24) is 15.3 Å². The molecule has 44 heavy (non-hydrogen) atoms. The highest BCUT2D eigenvalue weighted by atomic mass is 32.2. The van der Waals surface area contributed by atoms with E-state index in [2.05, 4.69) is 27.1 Å². The third-order valence-corrected chi connectivity index (χ3v) is 7.03. The Bertz CT molecular complexity index is 1460. The van der Waals surface area contributed by atoms with Crippen LogP contribution >= 0.6 is 11.9 Å². The van der Waals surface area contributed by atoms with Gasteiger partial charge in [-0.25, -0.2) is 13.8 Å². The Hall–Kier alpha value is -3.93. The van der Waals surface area contributed by atoms with Crippen LogP contribution in [0.1, 0.15) is 68.9 Å². The van der Waals surface area contributed by atoms with Crippen molar-refractivity contribution in [3.8, 4) is 28.7 Å². The van der Waals surface area contributed by atoms with E-state index in [1.165, 1.54) is 32.2 Å². The second kappa shape index (κ2) is 14.7. The van der Waals surface area contributed by atoms with E-state index in [9.17, 15) is 23.2 Å². The minimum Gasteiger partial charge on any atom is -0.494 e. The number of amides is 2. The summed E-state index contributed by atoms with van der Waals surface area (Å²) < 4.78 is 31.7. The van der Waals surface area contributed by atoms with Gasteiger partial charge in [-0.1, -0.05) is 26.7 Å². The number of anilines is 1. The lowest BCUT2D eigenvalue weighted by atomic mass is 9.99. The van der Waals surface area contributed by atoms with Gasteiger partial charge in [0.15, 0.2) is 5.04 Å². The van der Waals surface area contributed by atoms with Crippen LogP contribution < -0.4 is 25.8 Å². The second-order valence-corrected chi connectivity index (χ2v) is 12.1. The van der Waals surface area contributed by atoms with Gasteiger partial charge in [-0.3, -0.25) is 30.0 Å². The standard InChI is InChI=1S/C19H19F2N5O3.C6H8N2S.C5H10O/c1-29-14-9-23-13(16(20)21)6-11(14)10-7-15(24-8-12(10)17(22)27)26-5-4-25-19(2-3-19)18(26)28;7-6(9-8)4-3-5-1-2-5;1-5(2,3)4-6/h6-9,16,25H,2-5H2,1H3,(H2,22,27);5,7H,1-2,8H2;4H,1-3H3. The summed E-state index contributed by atoms with van der Waals surface area (Å²) in [4.78, 5) is 44.1. The molecular weight excluding hydrogens is 592 g/mol. The van der Waals surface area contributed by atoms with E-state index in [4.69, 9.17) is 21.0 Å². The van der Waals surface area contributed by atoms with E-state index in [0.29, 0.717) is 24.8 Å². The van der Waals surface area contributed by atoms with E-state index in [-0.39, 0.29) is 38.8 Å². The fourth-order valence-electron chi connectivity index (χ4n) is 3.96. The third kappa shape index (κ3) is 9.28. The number of primary amides is 1. The summed E-state index contributed by atoms with van der Waals surface area (Å²) in [6, 6.07) is 2.66. The molecule has 2 aliphatic carbocycles. The molecule has 1 saturated heterocycles. The van der Waals surface area contributed by atoms with Gasteiger partial charge in [0.1, 0.15) is 23.5 Å². The van der Waals surface area contributed by atoms with E-state index in [0.717, 1.165) is 43.3 Å². The molecule has 14 heteroatoms. The number of carbonyl (C=O) groups is 3. The van der Waals surface area contributed by atoms with Crippen molar-refractivity contribution in [2.75, 3.05) is 25.1 Å². The maximum absolute atomic E-state index is 13.2. The number of nitrogens with one attached hydrogen (secondary N) is 2. The van der Waals surface area contributed by atoms with Gasteiger partial charge < -0.3 is 20.6 Å². The first-order valence-corrected chi connectivity index (χ1v) is 14.8. The van der Waals surface area contributed by atoms with Crippen LogP contribution in [0.5, 0.6) is 5.75 Å². The van der Waals surface area contributed by atoms with Crippen molar-refractivity contribution in [2.45, 2.75) is 58.4 Å². The van der Waals surface area contributed by atoms with Gasteiger partial charge in [0.25, 0.3) is 12.3 Å². The first kappa shape index (κ1) is 34.6. The molecule has 2 aromatic rings. The zero-order valence-corrected chi connectivity index (χ0v) is 25.9. The number of nitrogens with zero attached hydrogens (tertiary/aromatic N) is 3. The van der Waals surface area contributed by atoms with Crippen LogP contribution in [0, 0.1) is 28.6 Å². The zero-order chi connectivity index (χ0) is 32.7. The monoisotopic (exact) mass is 629 g/mol. The summed E-state index contributed by atoms with van der Waals surface area (Å²) >= 11 is 0.904. The molecule has 0 unspecified atom stereocenters. The summed E-state index contributed by atoms with van der Waals surface area (Å²) in [6.07, 6.45) is 4.47. The molecule has 3 fully saturated rings. The smallest absolute Gasteiger partial charge is 0.280 e. The van der Waals surface area contributed by atoms with Crippen molar-refractivity contribution in [3.63, 3.8) is 0 Å². The Labute approximate surface area is 259 Å². The Balaban J connectivity index is 0.000000290. The van der Waals surface area contributed by atoms with E-state index >= 15 is 0 Å². The molecule has 0 bridgehead atoms. The maximum atomic E-state index is 13.2. The van der Waals surface area contributed by atoms with Crippen LogP contribution in [-0.2, 0) is 9.59 Å². The van der Waals surface area contributed by atoms with Crippen molar-refractivity contribution in [1.29, 1.82) is 5.41 Å². The number of piperazine rings is 1. The summed E-state index contributed by atoms with van der Waals surface area (Å²) in [6.45, 7) is 6.63. The van der Waals surface area contributed by atoms with Crippen molar-refractivity contribution in [2.24, 2.45) is 22.2 Å². The molecular formula is C30H37F2N7O4S. The fraction of sp³-hybridized carbons (Fsp3) is 0.467. The lowest BCUT2D eigenvalue weighted by molar-refractivity contribution is -0.122. The normalized spacial score (nSPS) is 16.5. The van der Waals surface area contributed by atoms with Gasteiger partial charge in [-0.15, -0.1) is 0 Å². The molecule has 1 aliphatic heterocycles. The number of aldehydes is 1. The second-order valence-electron chi connectivity index (χ2n) is 11.5. The topological polar surface area (TPSA) is 177 Å². The first-order valence-electron chi connectivity index (χ1n) is 13.9. The van der Waals surface area contributed by atoms with Crippen LogP contribution in [-0.4, -0.2) is 58.9 Å². The summed E-state index contributed by atoms with van der Waals surface area (Å²) in [7, 11) is 1.37. The Kier molecular flexibility index (Phi) is 11.5. The minimum atomic E-state index is -2.80. The molecule has 2 amide bonds. The summed E-state index contributed by atoms with van der Waals surface area (Å²) in [5, 5.41) is 15.6. The van der Waals surface area contributed by atoms with Crippen LogP contribution in [0.25, 0.3) is 11.1 Å². The molecule has 1 spiro atoms. The Morgan fingerprint density at radius 1 is 1.25 bits per heavy atom. The van der Waals surface area contributed by atoms with Crippen LogP contribution in [0.4, 0.5) is 14.6 Å². The SMILES string of the molecule is CC(C)(C)C=O.COc1cnc(C(F)F)cc1-c1cc(N2CCNC3(CC3)C2=O)ncc1C(N)=O.N=C(C#CC1CC1)SN. The molecule has 0 radical (unpaired) electrons. The van der Waals surface area contributed by atoms with Gasteiger partial charge in [-0.05, 0) is 55.7 Å². The molecule has 0 atom stereocenters. The Morgan fingerprint density at radius 3 is 2.41 bits per heavy atom. The van der Waals surface area contributed by atoms with Gasteiger partial charge in [0.05, 0.1) is 24.4 Å². The molecule has 3 heterocycles. The van der Waals surface area contributed by atoms with Gasteiger partial charge >= 0.3 is 0 Å². The van der Waals surface area contributed by atoms with Crippen LogP contribution in [0.15, 0.2) is 24.5 Å². The molecule has 0 aromatic carbocycles.